The van der Waals surface area contributed by atoms with Gasteiger partial charge in [-0.1, -0.05) is 72.0 Å². The molecular weight excluding hydrogens is 448 g/mol. The average Bonchev–Trinajstić information content (AvgIpc) is 3.39. The molecule has 3 aromatic carbocycles. The largest absolute Gasteiger partial charge is 0.494 e. The smallest absolute Gasteiger partial charge is 0.148 e. The first kappa shape index (κ1) is 24.0. The van der Waals surface area contributed by atoms with E-state index in [1.807, 2.05) is 43.3 Å². The van der Waals surface area contributed by atoms with Gasteiger partial charge in [0.05, 0.1) is 13.7 Å². The van der Waals surface area contributed by atoms with Gasteiger partial charge >= 0.3 is 0 Å². The molecule has 0 aliphatic carbocycles. The van der Waals surface area contributed by atoms with Crippen LogP contribution in [0.15, 0.2) is 72.8 Å². The molecule has 1 heterocycles. The van der Waals surface area contributed by atoms with Crippen molar-refractivity contribution in [3.63, 3.8) is 0 Å². The van der Waals surface area contributed by atoms with Crippen molar-refractivity contribution in [2.24, 2.45) is 0 Å². The molecule has 7 heteroatoms. The quantitative estimate of drug-likeness (QED) is 0.134. The van der Waals surface area contributed by atoms with Gasteiger partial charge in [-0.05, 0) is 35.7 Å². The average molecular weight is 477 g/mol. The number of hydrogen-bond acceptors (Lipinski definition) is 7. The van der Waals surface area contributed by atoms with Crippen LogP contribution in [0.2, 0.25) is 0 Å². The molecule has 0 aliphatic rings. The van der Waals surface area contributed by atoms with E-state index in [2.05, 4.69) is 51.5 Å². The Morgan fingerprint density at radius 2 is 1.26 bits per heavy atom. The zero-order valence-corrected chi connectivity index (χ0v) is 20.2. The summed E-state index contributed by atoms with van der Waals surface area (Å²) in [5, 5.41) is 10.5. The molecule has 34 heavy (non-hydrogen) atoms. The van der Waals surface area contributed by atoms with Crippen LogP contribution in [0.25, 0.3) is 32.3 Å². The summed E-state index contributed by atoms with van der Waals surface area (Å²) in [4.78, 5) is 9.62. The molecule has 0 unspecified atom stereocenters. The number of nitrogens with zero attached hydrogens (tertiary/aromatic N) is 2. The molecule has 4 aromatic rings. The highest BCUT2D eigenvalue weighted by atomic mass is 32.1. The van der Waals surface area contributed by atoms with Crippen LogP contribution in [0.4, 0.5) is 0 Å². The summed E-state index contributed by atoms with van der Waals surface area (Å²) in [5.41, 5.74) is 5.40. The first-order valence-electron chi connectivity index (χ1n) is 11.3. The van der Waals surface area contributed by atoms with Crippen molar-refractivity contribution < 1.29 is 19.2 Å². The van der Waals surface area contributed by atoms with E-state index in [1.165, 1.54) is 7.11 Å². The van der Waals surface area contributed by atoms with Gasteiger partial charge in [0.2, 0.25) is 0 Å². The molecule has 0 radical (unpaired) electrons. The van der Waals surface area contributed by atoms with Gasteiger partial charge in [0.15, 0.2) is 0 Å². The van der Waals surface area contributed by atoms with E-state index in [-0.39, 0.29) is 0 Å². The van der Waals surface area contributed by atoms with Gasteiger partial charge < -0.3 is 9.47 Å². The molecule has 4 rings (SSSR count). The minimum Gasteiger partial charge on any atom is -0.494 e. The van der Waals surface area contributed by atoms with E-state index >= 15 is 0 Å². The van der Waals surface area contributed by atoms with E-state index in [0.29, 0.717) is 13.2 Å². The van der Waals surface area contributed by atoms with Crippen molar-refractivity contribution in [1.29, 1.82) is 0 Å². The Labute approximate surface area is 204 Å². The third-order valence-electron chi connectivity index (χ3n) is 5.19. The van der Waals surface area contributed by atoms with Gasteiger partial charge in [-0.3, -0.25) is 0 Å². The molecule has 6 nitrogen and oxygen atoms in total. The zero-order valence-electron chi connectivity index (χ0n) is 19.4. The molecule has 176 valence electrons. The minimum absolute atomic E-state index is 0.411. The standard InChI is InChI=1S/C27H28N2O4S/c1-3-31-17-4-18-32-25-15-13-22(14-16-25)21-9-11-24(12-10-21)27-29-28-26(34-27)23-7-5-20(6-8-23)19-33-30-2/h5-16H,3-4,17-19H2,1-2H3. The lowest BCUT2D eigenvalue weighted by molar-refractivity contribution is -0.282. The van der Waals surface area contributed by atoms with Crippen LogP contribution in [0.5, 0.6) is 5.75 Å². The SMILES string of the molecule is CCOCCCOc1ccc(-c2ccc(-c3nnc(-c4ccc(COOC)cc4)s3)cc2)cc1. The molecule has 0 spiro atoms. The highest BCUT2D eigenvalue weighted by molar-refractivity contribution is 7.17. The van der Waals surface area contributed by atoms with Crippen molar-refractivity contribution in [3.05, 3.63) is 78.4 Å². The second-order valence-electron chi connectivity index (χ2n) is 7.54. The Morgan fingerprint density at radius 1 is 0.706 bits per heavy atom. The fourth-order valence-electron chi connectivity index (χ4n) is 3.37. The molecule has 0 fully saturated rings. The van der Waals surface area contributed by atoms with Crippen molar-refractivity contribution in [1.82, 2.24) is 10.2 Å². The van der Waals surface area contributed by atoms with E-state index in [1.54, 1.807) is 11.3 Å². The highest BCUT2D eigenvalue weighted by Crippen LogP contribution is 2.31. The maximum absolute atomic E-state index is 5.78. The van der Waals surface area contributed by atoms with Gasteiger partial charge in [0.1, 0.15) is 22.4 Å². The molecule has 0 saturated carbocycles. The van der Waals surface area contributed by atoms with Crippen molar-refractivity contribution in [2.45, 2.75) is 20.0 Å². The van der Waals surface area contributed by atoms with E-state index < -0.39 is 0 Å². The summed E-state index contributed by atoms with van der Waals surface area (Å²) in [7, 11) is 1.50. The van der Waals surface area contributed by atoms with E-state index in [0.717, 1.165) is 63.2 Å². The minimum atomic E-state index is 0.411. The molecule has 0 atom stereocenters. The second kappa shape index (κ2) is 12.4. The number of aromatic nitrogens is 2. The fourth-order valence-corrected chi connectivity index (χ4v) is 4.23. The van der Waals surface area contributed by atoms with Gasteiger partial charge in [-0.2, -0.15) is 0 Å². The molecule has 0 aliphatic heterocycles. The Morgan fingerprint density at radius 3 is 1.85 bits per heavy atom. The number of hydrogen-bond donors (Lipinski definition) is 0. The second-order valence-corrected chi connectivity index (χ2v) is 8.52. The Kier molecular flexibility index (Phi) is 8.76. The molecule has 1 aromatic heterocycles. The summed E-state index contributed by atoms with van der Waals surface area (Å²) in [6.07, 6.45) is 0.888. The number of ether oxygens (including phenoxy) is 2. The highest BCUT2D eigenvalue weighted by Gasteiger charge is 2.09. The molecular formula is C27H28N2O4S. The molecule has 0 saturated heterocycles. The van der Waals surface area contributed by atoms with Crippen LogP contribution < -0.4 is 4.74 Å². The molecule has 0 bridgehead atoms. The van der Waals surface area contributed by atoms with Gasteiger partial charge in [0, 0.05) is 30.8 Å². The first-order chi connectivity index (χ1) is 16.8. The van der Waals surface area contributed by atoms with Crippen LogP contribution in [-0.2, 0) is 21.1 Å². The van der Waals surface area contributed by atoms with Crippen LogP contribution in [0.3, 0.4) is 0 Å². The lowest BCUT2D eigenvalue weighted by Crippen LogP contribution is -2.02. The third-order valence-corrected chi connectivity index (χ3v) is 6.22. The summed E-state index contributed by atoms with van der Waals surface area (Å²) in [6.45, 7) is 4.54. The fraction of sp³-hybridized carbons (Fsp3) is 0.259. The lowest BCUT2D eigenvalue weighted by atomic mass is 10.0. The summed E-state index contributed by atoms with van der Waals surface area (Å²) in [5.74, 6) is 0.873. The van der Waals surface area contributed by atoms with Crippen LogP contribution >= 0.6 is 11.3 Å². The predicted molar refractivity (Wildman–Crippen MR) is 135 cm³/mol. The maximum atomic E-state index is 5.78. The van der Waals surface area contributed by atoms with Gasteiger partial charge in [-0.15, -0.1) is 10.2 Å². The number of benzene rings is 3. The monoisotopic (exact) mass is 476 g/mol. The van der Waals surface area contributed by atoms with Gasteiger partial charge in [0.25, 0.3) is 0 Å². The number of rotatable bonds is 12. The van der Waals surface area contributed by atoms with E-state index in [9.17, 15) is 0 Å². The van der Waals surface area contributed by atoms with Crippen LogP contribution in [-0.4, -0.2) is 37.1 Å². The third kappa shape index (κ3) is 6.48. The van der Waals surface area contributed by atoms with Crippen molar-refractivity contribution in [2.75, 3.05) is 26.9 Å². The summed E-state index contributed by atoms with van der Waals surface area (Å²) in [6, 6.07) is 24.6. The van der Waals surface area contributed by atoms with Gasteiger partial charge in [-0.25, -0.2) is 9.78 Å². The van der Waals surface area contributed by atoms with Crippen LogP contribution in [0.1, 0.15) is 18.9 Å². The maximum Gasteiger partial charge on any atom is 0.148 e. The Balaban J connectivity index is 1.37. The zero-order chi connectivity index (χ0) is 23.6. The Bertz CT molecular complexity index is 1140. The predicted octanol–water partition coefficient (Wildman–Crippen LogP) is 6.42. The topological polar surface area (TPSA) is 62.7 Å². The summed E-state index contributed by atoms with van der Waals surface area (Å²) >= 11 is 1.58. The Hall–Kier alpha value is -3.10. The van der Waals surface area contributed by atoms with Crippen molar-refractivity contribution >= 4 is 11.3 Å². The van der Waals surface area contributed by atoms with Crippen molar-refractivity contribution in [3.8, 4) is 38.0 Å². The molecule has 0 amide bonds. The summed E-state index contributed by atoms with van der Waals surface area (Å²) < 4.78 is 11.1. The molecule has 0 N–H and O–H groups in total. The lowest BCUT2D eigenvalue weighted by Gasteiger charge is -2.08. The van der Waals surface area contributed by atoms with E-state index in [4.69, 9.17) is 14.4 Å². The first-order valence-corrected chi connectivity index (χ1v) is 12.1. The van der Waals surface area contributed by atoms with Crippen LogP contribution in [0, 0.1) is 0 Å². The normalized spacial score (nSPS) is 11.0.